The number of likely N-dealkylation sites (N-methyl/N-ethyl adjacent to an activating group) is 2. The number of ether oxygens (including phenoxy) is 3. The number of pyridine rings is 1. The Morgan fingerprint density at radius 2 is 1.52 bits per heavy atom. The van der Waals surface area contributed by atoms with E-state index in [-0.39, 0.29) is 54.9 Å². The van der Waals surface area contributed by atoms with E-state index >= 15 is 0 Å². The van der Waals surface area contributed by atoms with Gasteiger partial charge in [0, 0.05) is 53.2 Å². The van der Waals surface area contributed by atoms with Gasteiger partial charge in [0.15, 0.2) is 0 Å². The molecule has 3 rings (SSSR count). The van der Waals surface area contributed by atoms with Crippen LogP contribution in [0.15, 0.2) is 54.9 Å². The molecular weight excluding hydrogens is 765 g/mol. The molecule has 8 atom stereocenters. The van der Waals surface area contributed by atoms with Gasteiger partial charge in [-0.05, 0) is 55.0 Å². The number of methoxy groups -OCH3 is 3. The van der Waals surface area contributed by atoms with E-state index in [0.29, 0.717) is 19.5 Å². The molecule has 2 aromatic rings. The largest absolute Gasteiger partial charge is 0.467 e. The predicted octanol–water partition coefficient (Wildman–Crippen LogP) is 4.89. The lowest BCUT2D eigenvalue weighted by atomic mass is 9.90. The van der Waals surface area contributed by atoms with Crippen LogP contribution in [0, 0.1) is 17.8 Å². The summed E-state index contributed by atoms with van der Waals surface area (Å²) in [7, 11) is 7.93. The van der Waals surface area contributed by atoms with Gasteiger partial charge in [-0.25, -0.2) is 4.79 Å². The van der Waals surface area contributed by atoms with E-state index in [1.807, 2.05) is 82.1 Å². The van der Waals surface area contributed by atoms with Crippen LogP contribution < -0.4 is 10.6 Å². The van der Waals surface area contributed by atoms with Crippen molar-refractivity contribution in [3.63, 3.8) is 0 Å². The summed E-state index contributed by atoms with van der Waals surface area (Å²) in [5.41, 5.74) is 1.90. The Labute approximate surface area is 359 Å². The van der Waals surface area contributed by atoms with Crippen molar-refractivity contribution in [2.24, 2.45) is 17.8 Å². The number of hydrogen-bond acceptors (Lipinski definition) is 10. The number of carbonyl (C=O) groups is 5. The second kappa shape index (κ2) is 26.7. The second-order valence-corrected chi connectivity index (χ2v) is 16.3. The van der Waals surface area contributed by atoms with Crippen LogP contribution in [-0.4, -0.2) is 134 Å². The molecular formula is C46H74N6O8. The van der Waals surface area contributed by atoms with E-state index in [1.165, 1.54) is 27.8 Å². The maximum Gasteiger partial charge on any atom is 0.328 e. The minimum absolute atomic E-state index is 0.000286. The van der Waals surface area contributed by atoms with E-state index in [1.54, 1.807) is 36.2 Å². The Hall–Kier alpha value is -4.40. The summed E-state index contributed by atoms with van der Waals surface area (Å²) < 4.78 is 16.9. The van der Waals surface area contributed by atoms with Crippen molar-refractivity contribution in [2.45, 2.75) is 130 Å². The SMILES string of the molecule is CCC.CCC(C)C(C(CC(=O)N1CCCC1C(OC)C(C)C(=O)NC(Cc1ccccc1)C(=O)OC)OC)N(C)C(=O)CNC(=O)C(C(C)C)N(C)Cc1ccncc1. The lowest BCUT2D eigenvalue weighted by Crippen LogP contribution is -2.55. The summed E-state index contributed by atoms with van der Waals surface area (Å²) >= 11 is 0. The van der Waals surface area contributed by atoms with E-state index in [4.69, 9.17) is 14.2 Å². The first kappa shape index (κ1) is 51.7. The van der Waals surface area contributed by atoms with E-state index < -0.39 is 48.3 Å². The molecule has 1 aliphatic rings. The number of carbonyl (C=O) groups excluding carboxylic acids is 5. The van der Waals surface area contributed by atoms with E-state index in [0.717, 1.165) is 24.0 Å². The third kappa shape index (κ3) is 15.3. The maximum atomic E-state index is 14.2. The van der Waals surface area contributed by atoms with Crippen LogP contribution in [0.5, 0.6) is 0 Å². The zero-order valence-electron chi connectivity index (χ0n) is 38.3. The molecule has 14 nitrogen and oxygen atoms in total. The van der Waals surface area contributed by atoms with Gasteiger partial charge in [0.2, 0.25) is 23.6 Å². The predicted molar refractivity (Wildman–Crippen MR) is 234 cm³/mol. The van der Waals surface area contributed by atoms with Gasteiger partial charge in [0.1, 0.15) is 6.04 Å². The van der Waals surface area contributed by atoms with Gasteiger partial charge >= 0.3 is 5.97 Å². The molecule has 8 unspecified atom stereocenters. The number of likely N-dealkylation sites (tertiary alicyclic amines) is 1. The summed E-state index contributed by atoms with van der Waals surface area (Å²) in [6.07, 6.45) is 5.74. The number of esters is 1. The van der Waals surface area contributed by atoms with Crippen molar-refractivity contribution in [3.05, 3.63) is 66.0 Å². The Morgan fingerprint density at radius 3 is 2.07 bits per heavy atom. The van der Waals surface area contributed by atoms with Crippen molar-refractivity contribution in [1.82, 2.24) is 30.3 Å². The zero-order valence-corrected chi connectivity index (χ0v) is 38.3. The monoisotopic (exact) mass is 839 g/mol. The first-order chi connectivity index (χ1) is 28.6. The highest BCUT2D eigenvalue weighted by atomic mass is 16.5. The highest BCUT2D eigenvalue weighted by Crippen LogP contribution is 2.29. The Balaban J connectivity index is 0.00000401. The lowest BCUT2D eigenvalue weighted by Gasteiger charge is -2.39. The quantitative estimate of drug-likeness (QED) is 0.157. The van der Waals surface area contributed by atoms with Gasteiger partial charge in [-0.3, -0.25) is 29.1 Å². The molecule has 0 radical (unpaired) electrons. The molecule has 4 amide bonds. The van der Waals surface area contributed by atoms with Crippen molar-refractivity contribution < 1.29 is 38.2 Å². The minimum atomic E-state index is -0.894. The number of aromatic nitrogens is 1. The number of benzene rings is 1. The molecule has 2 heterocycles. The van der Waals surface area contributed by atoms with Crippen molar-refractivity contribution in [3.8, 4) is 0 Å². The van der Waals surface area contributed by atoms with Gasteiger partial charge in [-0.2, -0.15) is 0 Å². The highest BCUT2D eigenvalue weighted by Gasteiger charge is 2.42. The Bertz CT molecular complexity index is 1600. The van der Waals surface area contributed by atoms with E-state index in [2.05, 4.69) is 29.5 Å². The molecule has 1 aromatic heterocycles. The molecule has 60 heavy (non-hydrogen) atoms. The maximum absolute atomic E-state index is 14.2. The normalized spacial score (nSPS) is 17.3. The number of hydrogen-bond donors (Lipinski definition) is 2. The Morgan fingerprint density at radius 1 is 0.883 bits per heavy atom. The molecule has 1 fully saturated rings. The standard InChI is InChI=1S/C43H66N6O8.C3H8/c1-11-29(4)39(48(7)37(51)26-45-42(53)38(28(2)3)47(6)27-32-19-21-44-22-20-32)35(55-8)25-36(50)49-23-15-18-34(49)40(56-9)30(5)41(52)46-33(43(54)57-10)24-31-16-13-12-14-17-31;1-3-2/h12-14,16-17,19-22,28-30,33-35,38-40H,11,15,18,23-27H2,1-10H3,(H,45,53)(H,46,52);3H2,1-2H3. The average Bonchev–Trinajstić information content (AvgIpc) is 3.72. The Kier molecular flexibility index (Phi) is 23.1. The molecule has 1 saturated heterocycles. The minimum Gasteiger partial charge on any atom is -0.467 e. The number of nitrogens with zero attached hydrogens (tertiary/aromatic N) is 4. The van der Waals surface area contributed by atoms with Gasteiger partial charge in [0.05, 0.1) is 56.3 Å². The molecule has 0 spiro atoms. The third-order valence-electron chi connectivity index (χ3n) is 11.4. The van der Waals surface area contributed by atoms with Gasteiger partial charge < -0.3 is 34.6 Å². The molecule has 336 valence electrons. The molecule has 1 aromatic carbocycles. The fraction of sp³-hybridized carbons (Fsp3) is 0.652. The summed E-state index contributed by atoms with van der Waals surface area (Å²) in [5.74, 6) is -2.39. The number of rotatable bonds is 22. The molecule has 2 N–H and O–H groups in total. The van der Waals surface area contributed by atoms with Gasteiger partial charge in [0.25, 0.3) is 0 Å². The van der Waals surface area contributed by atoms with E-state index in [9.17, 15) is 24.0 Å². The zero-order chi connectivity index (χ0) is 44.9. The average molecular weight is 839 g/mol. The molecule has 0 bridgehead atoms. The summed E-state index contributed by atoms with van der Waals surface area (Å²) in [6, 6.07) is 11.0. The number of amides is 4. The van der Waals surface area contributed by atoms with Crippen molar-refractivity contribution >= 4 is 29.6 Å². The summed E-state index contributed by atoms with van der Waals surface area (Å²) in [5, 5.41) is 5.73. The lowest BCUT2D eigenvalue weighted by molar-refractivity contribution is -0.148. The summed E-state index contributed by atoms with van der Waals surface area (Å²) in [4.78, 5) is 77.1. The molecule has 0 saturated carbocycles. The highest BCUT2D eigenvalue weighted by molar-refractivity contribution is 5.88. The fourth-order valence-corrected chi connectivity index (χ4v) is 8.09. The van der Waals surface area contributed by atoms with Crippen molar-refractivity contribution in [2.75, 3.05) is 48.5 Å². The fourth-order valence-electron chi connectivity index (χ4n) is 8.09. The van der Waals surface area contributed by atoms with Crippen LogP contribution in [0.1, 0.15) is 91.7 Å². The number of nitrogens with one attached hydrogen (secondary N) is 2. The van der Waals surface area contributed by atoms with Crippen LogP contribution in [0.25, 0.3) is 0 Å². The summed E-state index contributed by atoms with van der Waals surface area (Å²) in [6.45, 7) is 14.8. The molecule has 14 heteroatoms. The van der Waals surface area contributed by atoms with Crippen LogP contribution >= 0.6 is 0 Å². The van der Waals surface area contributed by atoms with Gasteiger partial charge in [-0.15, -0.1) is 0 Å². The van der Waals surface area contributed by atoms with Crippen LogP contribution in [-0.2, 0) is 51.1 Å². The first-order valence-corrected chi connectivity index (χ1v) is 21.5. The third-order valence-corrected chi connectivity index (χ3v) is 11.4. The topological polar surface area (TPSA) is 160 Å². The first-order valence-electron chi connectivity index (χ1n) is 21.5. The molecule has 1 aliphatic heterocycles. The van der Waals surface area contributed by atoms with Crippen molar-refractivity contribution in [1.29, 1.82) is 0 Å². The molecule has 0 aliphatic carbocycles. The second-order valence-electron chi connectivity index (χ2n) is 16.3. The van der Waals surface area contributed by atoms with Crippen LogP contribution in [0.2, 0.25) is 0 Å². The van der Waals surface area contributed by atoms with Gasteiger partial charge in [-0.1, -0.05) is 91.6 Å². The smallest absolute Gasteiger partial charge is 0.328 e. The van der Waals surface area contributed by atoms with Crippen LogP contribution in [0.4, 0.5) is 0 Å². The van der Waals surface area contributed by atoms with Crippen LogP contribution in [0.3, 0.4) is 0 Å².